The molecule has 0 nitrogen and oxygen atoms in total. The van der Waals surface area contributed by atoms with Crippen LogP contribution in [0.2, 0.25) is 0 Å². The number of fused-ring (bicyclic) bond motifs is 4. The second-order valence-corrected chi connectivity index (χ2v) is 9.46. The van der Waals surface area contributed by atoms with Crippen LogP contribution in [0.5, 0.6) is 0 Å². The summed E-state index contributed by atoms with van der Waals surface area (Å²) in [5.74, 6) is 3.75. The molecule has 0 aromatic heterocycles. The second-order valence-electron chi connectivity index (χ2n) is 9.46. The Balaban J connectivity index is 1.59. The van der Waals surface area contributed by atoms with Gasteiger partial charge >= 0.3 is 0 Å². The lowest BCUT2D eigenvalue weighted by molar-refractivity contribution is -0.0399. The van der Waals surface area contributed by atoms with Gasteiger partial charge in [0.15, 0.2) is 0 Å². The van der Waals surface area contributed by atoms with Crippen molar-refractivity contribution in [3.05, 3.63) is 71.8 Å². The highest BCUT2D eigenvalue weighted by molar-refractivity contribution is 5.93. The molecule has 4 saturated carbocycles. The van der Waals surface area contributed by atoms with Crippen molar-refractivity contribution in [2.75, 3.05) is 0 Å². The first-order valence-corrected chi connectivity index (χ1v) is 10.5. The summed E-state index contributed by atoms with van der Waals surface area (Å²) in [5.41, 5.74) is 6.71. The zero-order chi connectivity index (χ0) is 16.9. The minimum absolute atomic E-state index is 0.309. The lowest BCUT2D eigenvalue weighted by atomic mass is 9.43. The third kappa shape index (κ3) is 1.50. The van der Waals surface area contributed by atoms with Crippen LogP contribution in [0.1, 0.15) is 43.2 Å². The van der Waals surface area contributed by atoms with Gasteiger partial charge in [0, 0.05) is 5.41 Å². The number of hydrogen-bond donors (Lipinski definition) is 0. The maximum atomic E-state index is 2.58. The van der Waals surface area contributed by atoms with Crippen LogP contribution in [0.15, 0.2) is 60.7 Å². The molecule has 0 atom stereocenters. The third-order valence-corrected chi connectivity index (χ3v) is 8.42. The quantitative estimate of drug-likeness (QED) is 0.436. The molecule has 26 heavy (non-hydrogen) atoms. The molecule has 0 N–H and O–H groups in total. The van der Waals surface area contributed by atoms with Crippen molar-refractivity contribution in [2.45, 2.75) is 37.5 Å². The lowest BCUT2D eigenvalue weighted by Crippen LogP contribution is -2.55. The molecule has 1 spiro atoms. The highest BCUT2D eigenvalue weighted by Gasteiger charge is 2.61. The summed E-state index contributed by atoms with van der Waals surface area (Å²) in [6, 6.07) is 23.4. The van der Waals surface area contributed by atoms with Crippen LogP contribution in [0.4, 0.5) is 0 Å². The van der Waals surface area contributed by atoms with Crippen molar-refractivity contribution in [3.63, 3.8) is 0 Å². The molecule has 5 aliphatic rings. The summed E-state index contributed by atoms with van der Waals surface area (Å²) in [5, 5.41) is 2.81. The fourth-order valence-electron chi connectivity index (χ4n) is 7.84. The summed E-state index contributed by atoms with van der Waals surface area (Å²) < 4.78 is 0. The Morgan fingerprint density at radius 3 is 1.92 bits per heavy atom. The van der Waals surface area contributed by atoms with Gasteiger partial charge in [-0.1, -0.05) is 48.5 Å². The maximum absolute atomic E-state index is 2.58. The van der Waals surface area contributed by atoms with E-state index in [0.29, 0.717) is 5.41 Å². The number of rotatable bonds is 0. The molecule has 0 heterocycles. The Kier molecular flexibility index (Phi) is 2.48. The van der Waals surface area contributed by atoms with Gasteiger partial charge in [0.2, 0.25) is 0 Å². The van der Waals surface area contributed by atoms with Gasteiger partial charge in [0.25, 0.3) is 0 Å². The van der Waals surface area contributed by atoms with E-state index in [2.05, 4.69) is 60.7 Å². The van der Waals surface area contributed by atoms with E-state index in [-0.39, 0.29) is 0 Å². The molecule has 0 heteroatoms. The third-order valence-electron chi connectivity index (χ3n) is 8.42. The Bertz CT molecular complexity index is 1030. The Labute approximate surface area is 155 Å². The second kappa shape index (κ2) is 4.60. The van der Waals surface area contributed by atoms with Crippen LogP contribution in [-0.2, 0) is 5.41 Å². The van der Waals surface area contributed by atoms with Gasteiger partial charge in [0.05, 0.1) is 0 Å². The van der Waals surface area contributed by atoms with Crippen LogP contribution in [0.3, 0.4) is 0 Å². The molecule has 0 amide bonds. The van der Waals surface area contributed by atoms with Crippen molar-refractivity contribution in [3.8, 4) is 11.1 Å². The van der Waals surface area contributed by atoms with E-state index in [9.17, 15) is 0 Å². The van der Waals surface area contributed by atoms with E-state index in [1.165, 1.54) is 54.0 Å². The van der Waals surface area contributed by atoms with Crippen LogP contribution >= 0.6 is 0 Å². The number of hydrogen-bond acceptors (Lipinski definition) is 0. The molecule has 4 bridgehead atoms. The molecule has 3 aromatic carbocycles. The van der Waals surface area contributed by atoms with Crippen molar-refractivity contribution >= 4 is 10.8 Å². The first-order valence-electron chi connectivity index (χ1n) is 10.5. The zero-order valence-corrected chi connectivity index (χ0v) is 15.1. The van der Waals surface area contributed by atoms with Gasteiger partial charge in [-0.25, -0.2) is 0 Å². The molecule has 3 aromatic rings. The summed E-state index contributed by atoms with van der Waals surface area (Å²) in [6.45, 7) is 0. The van der Waals surface area contributed by atoms with Gasteiger partial charge in [-0.15, -0.1) is 0 Å². The zero-order valence-electron chi connectivity index (χ0n) is 15.1. The molecule has 0 saturated heterocycles. The van der Waals surface area contributed by atoms with Crippen molar-refractivity contribution in [2.24, 2.45) is 23.7 Å². The summed E-state index contributed by atoms with van der Waals surface area (Å²) in [6.07, 6.45) is 7.39. The minimum Gasteiger partial charge on any atom is -0.0619 e. The molecule has 0 unspecified atom stereocenters. The lowest BCUT2D eigenvalue weighted by Gasteiger charge is -2.61. The predicted molar refractivity (Wildman–Crippen MR) is 107 cm³/mol. The van der Waals surface area contributed by atoms with Crippen molar-refractivity contribution in [1.29, 1.82) is 0 Å². The summed E-state index contributed by atoms with van der Waals surface area (Å²) in [4.78, 5) is 0. The Hall–Kier alpha value is -2.08. The normalized spacial score (nSPS) is 35.8. The van der Waals surface area contributed by atoms with Crippen LogP contribution in [0.25, 0.3) is 21.9 Å². The van der Waals surface area contributed by atoms with Gasteiger partial charge < -0.3 is 0 Å². The molecule has 5 aliphatic carbocycles. The Morgan fingerprint density at radius 1 is 0.577 bits per heavy atom. The molecular weight excluding hydrogens is 312 g/mol. The van der Waals surface area contributed by atoms with Crippen LogP contribution in [0, 0.1) is 23.7 Å². The average Bonchev–Trinajstić information content (AvgIpc) is 2.94. The molecule has 0 aliphatic heterocycles. The van der Waals surface area contributed by atoms with Gasteiger partial charge in [0.1, 0.15) is 0 Å². The van der Waals surface area contributed by atoms with E-state index in [0.717, 1.165) is 23.7 Å². The Morgan fingerprint density at radius 2 is 1.19 bits per heavy atom. The standard InChI is InChI=1S/C26H24/c1-2-6-19-15-25-23(14-18(19)5-1)22-7-3-4-8-24(22)26(25)20-10-16-9-17(12-20)13-21(26)11-16/h1-8,14-17,20-21H,9-13H2. The smallest absolute Gasteiger partial charge is 0.0272 e. The first kappa shape index (κ1) is 14.0. The van der Waals surface area contributed by atoms with Crippen LogP contribution < -0.4 is 0 Å². The molecule has 8 rings (SSSR count). The molecular formula is C26H24. The van der Waals surface area contributed by atoms with Gasteiger partial charge in [-0.05, 0) is 101 Å². The topological polar surface area (TPSA) is 0 Å². The average molecular weight is 336 g/mol. The number of benzene rings is 3. The molecule has 128 valence electrons. The van der Waals surface area contributed by atoms with E-state index in [1.54, 1.807) is 11.1 Å². The first-order chi connectivity index (χ1) is 12.8. The van der Waals surface area contributed by atoms with Crippen LogP contribution in [-0.4, -0.2) is 0 Å². The van der Waals surface area contributed by atoms with E-state index in [1.807, 2.05) is 0 Å². The molecule has 4 fully saturated rings. The van der Waals surface area contributed by atoms with E-state index >= 15 is 0 Å². The fourth-order valence-corrected chi connectivity index (χ4v) is 7.84. The molecule has 0 radical (unpaired) electrons. The van der Waals surface area contributed by atoms with Gasteiger partial charge in [-0.2, -0.15) is 0 Å². The minimum atomic E-state index is 0.309. The highest BCUT2D eigenvalue weighted by Crippen LogP contribution is 2.69. The van der Waals surface area contributed by atoms with E-state index in [4.69, 9.17) is 0 Å². The van der Waals surface area contributed by atoms with Crippen molar-refractivity contribution < 1.29 is 0 Å². The highest BCUT2D eigenvalue weighted by atomic mass is 14.6. The fraction of sp³-hybridized carbons (Fsp3) is 0.385. The van der Waals surface area contributed by atoms with Gasteiger partial charge in [-0.3, -0.25) is 0 Å². The van der Waals surface area contributed by atoms with Crippen molar-refractivity contribution in [1.82, 2.24) is 0 Å². The maximum Gasteiger partial charge on any atom is 0.0272 e. The predicted octanol–water partition coefficient (Wildman–Crippen LogP) is 6.56. The largest absolute Gasteiger partial charge is 0.0619 e. The van der Waals surface area contributed by atoms with E-state index < -0.39 is 0 Å². The monoisotopic (exact) mass is 336 g/mol. The summed E-state index contributed by atoms with van der Waals surface area (Å²) in [7, 11) is 0. The summed E-state index contributed by atoms with van der Waals surface area (Å²) >= 11 is 0. The SMILES string of the molecule is c1ccc2c(c1)-c1cc3ccccc3cc1C21C2CC3CC(C2)CC1C3.